The van der Waals surface area contributed by atoms with E-state index in [4.69, 9.17) is 18.9 Å². The van der Waals surface area contributed by atoms with Crippen LogP contribution < -0.4 is 0 Å². The van der Waals surface area contributed by atoms with Gasteiger partial charge >= 0.3 is 17.9 Å². The standard InChI is InChI=1S/C32H41NO10/c1-15-11-16(2)32-20(13-23(39-5)31(38)41-27(15)18(4)34)8-9-21-25(32)26(36)17(3)28(29(21)43-32)42-30(37)22-12-19(14-33-22)7-10-24(35)40-6/h7-12,14-15,17-18,20-21,23,25-29,33-34,36H,13H2,1-6H3/b10-7+,16-11+/t15-,17-,18?,20?,21-,23+,25+,26-,27+,28-,29?,32+/m1/s1. The number of aromatic amines is 1. The smallest absolute Gasteiger partial charge is 0.355 e. The van der Waals surface area contributed by atoms with Gasteiger partial charge in [-0.15, -0.1) is 0 Å². The third-order valence-corrected chi connectivity index (χ3v) is 9.66. The Bertz CT molecular complexity index is 1330. The Kier molecular flexibility index (Phi) is 8.72. The number of aromatic nitrogens is 1. The van der Waals surface area contributed by atoms with Crippen LogP contribution in [0.5, 0.6) is 0 Å². The van der Waals surface area contributed by atoms with Crippen molar-refractivity contribution in [1.82, 2.24) is 4.98 Å². The average Bonchev–Trinajstić information content (AvgIpc) is 3.53. The maximum atomic E-state index is 13.3. The Labute approximate surface area is 250 Å². The molecule has 1 spiro atoms. The van der Waals surface area contributed by atoms with Gasteiger partial charge in [0.05, 0.1) is 19.3 Å². The van der Waals surface area contributed by atoms with Crippen molar-refractivity contribution in [2.45, 2.75) is 76.3 Å². The number of aliphatic hydroxyl groups is 2. The van der Waals surface area contributed by atoms with Crippen LogP contribution in [0.3, 0.4) is 0 Å². The Morgan fingerprint density at radius 3 is 2.65 bits per heavy atom. The second-order valence-corrected chi connectivity index (χ2v) is 12.2. The van der Waals surface area contributed by atoms with E-state index in [-0.39, 0.29) is 35.8 Å². The third-order valence-electron chi connectivity index (χ3n) is 9.66. The average molecular weight is 600 g/mol. The number of ether oxygens (including phenoxy) is 5. The summed E-state index contributed by atoms with van der Waals surface area (Å²) in [4.78, 5) is 40.8. The van der Waals surface area contributed by atoms with E-state index in [1.165, 1.54) is 26.4 Å². The number of carbonyl (C=O) groups is 3. The van der Waals surface area contributed by atoms with Gasteiger partial charge < -0.3 is 38.9 Å². The highest BCUT2D eigenvalue weighted by atomic mass is 16.6. The first-order valence-corrected chi connectivity index (χ1v) is 14.7. The molecule has 5 rings (SSSR count). The molecule has 3 heterocycles. The number of carbonyl (C=O) groups excluding carboxylic acids is 3. The summed E-state index contributed by atoms with van der Waals surface area (Å²) in [6.45, 7) is 7.25. The molecule has 2 aliphatic heterocycles. The molecule has 4 bridgehead atoms. The minimum atomic E-state index is -0.997. The highest BCUT2D eigenvalue weighted by Gasteiger charge is 2.69. The van der Waals surface area contributed by atoms with Crippen molar-refractivity contribution in [1.29, 1.82) is 0 Å². The molecule has 43 heavy (non-hydrogen) atoms. The molecule has 3 N–H and O–H groups in total. The van der Waals surface area contributed by atoms with Crippen molar-refractivity contribution in [3.63, 3.8) is 0 Å². The van der Waals surface area contributed by atoms with E-state index in [0.29, 0.717) is 5.56 Å². The van der Waals surface area contributed by atoms with Crippen LogP contribution in [0.25, 0.3) is 6.08 Å². The quantitative estimate of drug-likeness (QED) is 0.192. The Balaban J connectivity index is 1.48. The minimum absolute atomic E-state index is 0.190. The van der Waals surface area contributed by atoms with Gasteiger partial charge in [0.15, 0.2) is 6.10 Å². The summed E-state index contributed by atoms with van der Waals surface area (Å²) in [7, 11) is 2.72. The van der Waals surface area contributed by atoms with Gasteiger partial charge in [0.25, 0.3) is 0 Å². The van der Waals surface area contributed by atoms with Crippen molar-refractivity contribution < 1.29 is 48.3 Å². The van der Waals surface area contributed by atoms with E-state index in [2.05, 4.69) is 9.72 Å². The molecular formula is C32H41NO10. The number of hydrogen-bond acceptors (Lipinski definition) is 10. The van der Waals surface area contributed by atoms with E-state index in [0.717, 1.165) is 5.57 Å². The highest BCUT2D eigenvalue weighted by molar-refractivity contribution is 5.90. The molecule has 12 atom stereocenters. The predicted molar refractivity (Wildman–Crippen MR) is 153 cm³/mol. The third kappa shape index (κ3) is 5.37. The number of methoxy groups -OCH3 is 2. The molecule has 0 amide bonds. The summed E-state index contributed by atoms with van der Waals surface area (Å²) in [6, 6.07) is 1.56. The second-order valence-electron chi connectivity index (χ2n) is 12.2. The van der Waals surface area contributed by atoms with Crippen molar-refractivity contribution in [3.05, 3.63) is 53.4 Å². The van der Waals surface area contributed by atoms with E-state index in [1.807, 2.05) is 39.0 Å². The van der Waals surface area contributed by atoms with Crippen molar-refractivity contribution in [2.75, 3.05) is 14.2 Å². The molecule has 4 aliphatic rings. The van der Waals surface area contributed by atoms with E-state index >= 15 is 0 Å². The van der Waals surface area contributed by atoms with E-state index < -0.39 is 66.1 Å². The van der Waals surface area contributed by atoms with Gasteiger partial charge in [-0.05, 0) is 43.5 Å². The molecule has 2 aliphatic carbocycles. The summed E-state index contributed by atoms with van der Waals surface area (Å²) in [5, 5.41) is 22.3. The lowest BCUT2D eigenvalue weighted by atomic mass is 9.57. The maximum absolute atomic E-state index is 13.3. The number of cyclic esters (lactones) is 1. The molecular weight excluding hydrogens is 558 g/mol. The van der Waals surface area contributed by atoms with Gasteiger partial charge in [-0.25, -0.2) is 14.4 Å². The van der Waals surface area contributed by atoms with Gasteiger partial charge in [0, 0.05) is 49.0 Å². The SMILES string of the molecule is COC(=O)/C=C/c1c[nH]c(C(=O)O[C@H]2C3O[C@@]45/C(C)=C/[C@@H](C)[C@@H](C(C)O)OC(=O)[C@@H](OC)CC4C=C[C@@H]3[C@H]5[C@H](O)[C@H]2C)c1. The van der Waals surface area contributed by atoms with Gasteiger partial charge in [0.2, 0.25) is 0 Å². The van der Waals surface area contributed by atoms with Crippen LogP contribution in [0.1, 0.15) is 50.2 Å². The number of rotatable bonds is 6. The molecule has 2 fully saturated rings. The van der Waals surface area contributed by atoms with Crippen LogP contribution >= 0.6 is 0 Å². The highest BCUT2D eigenvalue weighted by Crippen LogP contribution is 2.61. The van der Waals surface area contributed by atoms with Crippen LogP contribution in [0, 0.1) is 29.6 Å². The summed E-state index contributed by atoms with van der Waals surface area (Å²) in [5.74, 6) is -3.46. The lowest BCUT2D eigenvalue weighted by molar-refractivity contribution is -0.172. The number of esters is 3. The Hall–Kier alpha value is -3.25. The normalized spacial score (nSPS) is 40.7. The zero-order valence-corrected chi connectivity index (χ0v) is 25.3. The molecule has 1 saturated carbocycles. The van der Waals surface area contributed by atoms with Crippen LogP contribution in [-0.4, -0.2) is 89.5 Å². The number of nitrogens with one attached hydrogen (secondary N) is 1. The first kappa shape index (κ1) is 31.2. The number of aliphatic hydroxyl groups excluding tert-OH is 2. The van der Waals surface area contributed by atoms with Gasteiger partial charge in [0.1, 0.15) is 29.6 Å². The lowest BCUT2D eigenvalue weighted by Crippen LogP contribution is -2.57. The lowest BCUT2D eigenvalue weighted by Gasteiger charge is -2.48. The molecule has 11 heteroatoms. The first-order valence-electron chi connectivity index (χ1n) is 14.7. The molecule has 0 radical (unpaired) electrons. The summed E-state index contributed by atoms with van der Waals surface area (Å²) in [5.41, 5.74) is 0.637. The Morgan fingerprint density at radius 1 is 1.23 bits per heavy atom. The predicted octanol–water partition coefficient (Wildman–Crippen LogP) is 2.59. The van der Waals surface area contributed by atoms with Crippen molar-refractivity contribution >= 4 is 24.0 Å². The first-order chi connectivity index (χ1) is 20.4. The van der Waals surface area contributed by atoms with Crippen LogP contribution in [0.2, 0.25) is 0 Å². The summed E-state index contributed by atoms with van der Waals surface area (Å²) >= 11 is 0. The molecule has 0 aromatic carbocycles. The molecule has 1 aromatic heterocycles. The maximum Gasteiger partial charge on any atom is 0.355 e. The zero-order chi connectivity index (χ0) is 31.2. The molecule has 234 valence electrons. The number of H-pyrrole nitrogens is 1. The molecule has 1 aromatic rings. The summed E-state index contributed by atoms with van der Waals surface area (Å²) < 4.78 is 28.9. The fourth-order valence-corrected chi connectivity index (χ4v) is 7.54. The molecule has 1 saturated heterocycles. The van der Waals surface area contributed by atoms with Gasteiger partial charge in [-0.1, -0.05) is 32.1 Å². The van der Waals surface area contributed by atoms with Crippen LogP contribution in [0.15, 0.2) is 42.1 Å². The Morgan fingerprint density at radius 2 is 1.98 bits per heavy atom. The molecule has 3 unspecified atom stereocenters. The van der Waals surface area contributed by atoms with Crippen molar-refractivity contribution in [2.24, 2.45) is 29.6 Å². The van der Waals surface area contributed by atoms with Crippen LogP contribution in [0.4, 0.5) is 0 Å². The fourth-order valence-electron chi connectivity index (χ4n) is 7.54. The monoisotopic (exact) mass is 599 g/mol. The largest absolute Gasteiger partial charge is 0.466 e. The van der Waals surface area contributed by atoms with Gasteiger partial charge in [-0.3, -0.25) is 0 Å². The fraction of sp³-hybridized carbons (Fsp3) is 0.594. The topological polar surface area (TPSA) is 154 Å². The number of hydrogen-bond donors (Lipinski definition) is 3. The van der Waals surface area contributed by atoms with Gasteiger partial charge in [-0.2, -0.15) is 0 Å². The van der Waals surface area contributed by atoms with E-state index in [1.54, 1.807) is 19.2 Å². The second kappa shape index (κ2) is 12.0. The van der Waals surface area contributed by atoms with E-state index in [9.17, 15) is 24.6 Å². The molecule has 11 nitrogen and oxygen atoms in total. The minimum Gasteiger partial charge on any atom is -0.466 e. The van der Waals surface area contributed by atoms with Crippen LogP contribution in [-0.2, 0) is 33.3 Å². The zero-order valence-electron chi connectivity index (χ0n) is 25.3. The van der Waals surface area contributed by atoms with Crippen molar-refractivity contribution in [3.8, 4) is 0 Å². The summed E-state index contributed by atoms with van der Waals surface area (Å²) in [6.07, 6.45) is 5.73.